The molecule has 0 atom stereocenters. The monoisotopic (exact) mass is 578 g/mol. The third-order valence-electron chi connectivity index (χ3n) is 6.64. The number of hydrogen-bond donors (Lipinski definition) is 0. The molecular weight excluding hydrogens is 548 g/mol. The van der Waals surface area contributed by atoms with Gasteiger partial charge < -0.3 is 28.7 Å². The van der Waals surface area contributed by atoms with E-state index in [9.17, 15) is 14.4 Å². The summed E-state index contributed by atoms with van der Waals surface area (Å²) < 4.78 is 21.2. The first kappa shape index (κ1) is 29.5. The number of carbonyl (C=O) groups is 3. The maximum Gasteiger partial charge on any atom is 0.308 e. The van der Waals surface area contributed by atoms with Crippen molar-refractivity contribution in [1.82, 2.24) is 9.80 Å². The number of carbonyl (C=O) groups excluding carboxylic acids is 3. The van der Waals surface area contributed by atoms with Gasteiger partial charge >= 0.3 is 5.97 Å². The average Bonchev–Trinajstić information content (AvgIpc) is 2.99. The molecule has 0 N–H and O–H groups in total. The molecule has 1 aliphatic rings. The van der Waals surface area contributed by atoms with Gasteiger partial charge in [-0.15, -0.1) is 0 Å². The zero-order chi connectivity index (χ0) is 29.5. The lowest BCUT2D eigenvalue weighted by molar-refractivity contribution is -0.132. The van der Waals surface area contributed by atoms with E-state index in [4.69, 9.17) is 30.5 Å². The van der Waals surface area contributed by atoms with Crippen LogP contribution in [0.2, 0.25) is 5.02 Å². The van der Waals surface area contributed by atoms with E-state index >= 15 is 0 Å². The molecule has 214 valence electrons. The van der Waals surface area contributed by atoms with E-state index in [-0.39, 0.29) is 29.1 Å². The summed E-state index contributed by atoms with van der Waals surface area (Å²) in [7, 11) is 4.43. The van der Waals surface area contributed by atoms with E-state index in [0.717, 1.165) is 16.7 Å². The third-order valence-corrected chi connectivity index (χ3v) is 6.87. The smallest absolute Gasteiger partial charge is 0.308 e. The molecule has 1 heterocycles. The molecule has 0 aliphatic carbocycles. The number of benzene rings is 3. The second-order valence-corrected chi connectivity index (χ2v) is 9.65. The fourth-order valence-electron chi connectivity index (χ4n) is 4.53. The minimum absolute atomic E-state index is 0.105. The number of piperazine rings is 1. The van der Waals surface area contributed by atoms with Gasteiger partial charge in [0.25, 0.3) is 5.91 Å². The summed E-state index contributed by atoms with van der Waals surface area (Å²) in [4.78, 5) is 41.7. The largest absolute Gasteiger partial charge is 0.497 e. The van der Waals surface area contributed by atoms with Crippen LogP contribution in [-0.4, -0.2) is 75.1 Å². The van der Waals surface area contributed by atoms with Gasteiger partial charge in [-0.1, -0.05) is 35.9 Å². The molecule has 0 unspecified atom stereocenters. The number of halogens is 1. The lowest BCUT2D eigenvalue weighted by Gasteiger charge is -2.34. The van der Waals surface area contributed by atoms with Crippen LogP contribution in [0.3, 0.4) is 0 Å². The molecule has 0 spiro atoms. The van der Waals surface area contributed by atoms with E-state index in [0.29, 0.717) is 42.5 Å². The van der Waals surface area contributed by atoms with Crippen molar-refractivity contribution >= 4 is 35.0 Å². The summed E-state index contributed by atoms with van der Waals surface area (Å²) >= 11 is 6.26. The quantitative estimate of drug-likeness (QED) is 0.217. The molecular formula is C31H31ClN2O7. The van der Waals surface area contributed by atoms with Gasteiger partial charge in [-0.2, -0.15) is 0 Å². The Balaban J connectivity index is 1.52. The van der Waals surface area contributed by atoms with Crippen LogP contribution in [-0.2, 0) is 9.59 Å². The van der Waals surface area contributed by atoms with Crippen LogP contribution in [0, 0.1) is 0 Å². The summed E-state index contributed by atoms with van der Waals surface area (Å²) in [6.07, 6.45) is 1.61. The first-order valence-electron chi connectivity index (χ1n) is 12.9. The number of methoxy groups -OCH3 is 3. The first-order valence-corrected chi connectivity index (χ1v) is 13.3. The molecule has 9 nitrogen and oxygen atoms in total. The van der Waals surface area contributed by atoms with Crippen LogP contribution in [0.15, 0.2) is 66.7 Å². The van der Waals surface area contributed by atoms with Gasteiger partial charge in [-0.3, -0.25) is 14.4 Å². The molecule has 2 amide bonds. The molecule has 1 aliphatic heterocycles. The van der Waals surface area contributed by atoms with Crippen molar-refractivity contribution in [2.75, 3.05) is 47.5 Å². The molecule has 1 fully saturated rings. The van der Waals surface area contributed by atoms with Crippen molar-refractivity contribution in [2.24, 2.45) is 0 Å². The van der Waals surface area contributed by atoms with E-state index in [1.165, 1.54) is 33.3 Å². The van der Waals surface area contributed by atoms with Crippen LogP contribution in [0.4, 0.5) is 0 Å². The predicted molar refractivity (Wildman–Crippen MR) is 155 cm³/mol. The predicted octanol–water partition coefficient (Wildman–Crippen LogP) is 4.71. The van der Waals surface area contributed by atoms with Crippen molar-refractivity contribution in [3.05, 3.63) is 88.5 Å². The van der Waals surface area contributed by atoms with Crippen LogP contribution in [0.1, 0.15) is 28.4 Å². The van der Waals surface area contributed by atoms with Crippen LogP contribution >= 0.6 is 11.6 Å². The Labute approximate surface area is 243 Å². The highest BCUT2D eigenvalue weighted by molar-refractivity contribution is 6.30. The van der Waals surface area contributed by atoms with Crippen molar-refractivity contribution in [2.45, 2.75) is 6.92 Å². The minimum Gasteiger partial charge on any atom is -0.497 e. The second-order valence-electron chi connectivity index (χ2n) is 9.22. The standard InChI is InChI=1S/C31H31ClN2O7/c1-20(35)41-30-27(39-3)17-23(18-28(30)40-4)31(37)34-14-12-33(13-15-34)29(36)19-26(22-6-5-7-24(32)16-22)21-8-10-25(38-2)11-9-21/h5-11,16-19H,12-15H2,1-4H3/b26-19-. The lowest BCUT2D eigenvalue weighted by Crippen LogP contribution is -2.50. The third kappa shape index (κ3) is 6.99. The molecule has 4 rings (SSSR count). The summed E-state index contributed by atoms with van der Waals surface area (Å²) in [6, 6.07) is 17.8. The Morgan fingerprint density at radius 2 is 1.37 bits per heavy atom. The number of nitrogens with zero attached hydrogens (tertiary/aromatic N) is 2. The molecule has 0 saturated carbocycles. The average molecular weight is 579 g/mol. The van der Waals surface area contributed by atoms with Gasteiger partial charge in [0.2, 0.25) is 11.7 Å². The lowest BCUT2D eigenvalue weighted by atomic mass is 9.97. The number of esters is 1. The van der Waals surface area contributed by atoms with E-state index in [1.54, 1.807) is 29.1 Å². The zero-order valence-electron chi connectivity index (χ0n) is 23.3. The van der Waals surface area contributed by atoms with Gasteiger partial charge in [0.05, 0.1) is 21.3 Å². The van der Waals surface area contributed by atoms with Gasteiger partial charge in [-0.05, 0) is 53.1 Å². The minimum atomic E-state index is -0.541. The van der Waals surface area contributed by atoms with Gasteiger partial charge in [-0.25, -0.2) is 0 Å². The fourth-order valence-corrected chi connectivity index (χ4v) is 4.73. The zero-order valence-corrected chi connectivity index (χ0v) is 24.1. The van der Waals surface area contributed by atoms with E-state index in [2.05, 4.69) is 0 Å². The Morgan fingerprint density at radius 1 is 0.756 bits per heavy atom. The molecule has 0 bridgehead atoms. The van der Waals surface area contributed by atoms with Gasteiger partial charge in [0.15, 0.2) is 11.5 Å². The fraction of sp³-hybridized carbons (Fsp3) is 0.258. The molecule has 3 aromatic rings. The van der Waals surface area contributed by atoms with Crippen molar-refractivity contribution < 1.29 is 33.3 Å². The molecule has 1 saturated heterocycles. The normalized spacial score (nSPS) is 13.4. The molecule has 0 aromatic heterocycles. The molecule has 41 heavy (non-hydrogen) atoms. The topological polar surface area (TPSA) is 94.6 Å². The molecule has 3 aromatic carbocycles. The summed E-state index contributed by atoms with van der Waals surface area (Å²) in [5, 5.41) is 0.565. The van der Waals surface area contributed by atoms with Crippen LogP contribution < -0.4 is 18.9 Å². The number of ether oxygens (including phenoxy) is 4. The number of hydrogen-bond acceptors (Lipinski definition) is 7. The highest BCUT2D eigenvalue weighted by atomic mass is 35.5. The first-order chi connectivity index (χ1) is 19.7. The van der Waals surface area contributed by atoms with E-state index in [1.807, 2.05) is 42.5 Å². The highest BCUT2D eigenvalue weighted by Crippen LogP contribution is 2.39. The van der Waals surface area contributed by atoms with Crippen molar-refractivity contribution in [3.63, 3.8) is 0 Å². The molecule has 0 radical (unpaired) electrons. The Hall–Kier alpha value is -4.50. The second kappa shape index (κ2) is 13.2. The van der Waals surface area contributed by atoms with Crippen molar-refractivity contribution in [3.8, 4) is 23.0 Å². The Kier molecular flexibility index (Phi) is 9.52. The highest BCUT2D eigenvalue weighted by Gasteiger charge is 2.27. The van der Waals surface area contributed by atoms with Crippen LogP contribution in [0.25, 0.3) is 5.57 Å². The number of rotatable bonds is 8. The Morgan fingerprint density at radius 3 is 1.90 bits per heavy atom. The van der Waals surface area contributed by atoms with Crippen LogP contribution in [0.5, 0.6) is 23.0 Å². The van der Waals surface area contributed by atoms with Gasteiger partial charge in [0.1, 0.15) is 5.75 Å². The summed E-state index contributed by atoms with van der Waals surface area (Å²) in [6.45, 7) is 2.65. The number of amides is 2. The van der Waals surface area contributed by atoms with Crippen molar-refractivity contribution in [1.29, 1.82) is 0 Å². The van der Waals surface area contributed by atoms with Gasteiger partial charge in [0, 0.05) is 49.8 Å². The Bertz CT molecular complexity index is 1440. The maximum absolute atomic E-state index is 13.4. The van der Waals surface area contributed by atoms with E-state index < -0.39 is 5.97 Å². The maximum atomic E-state index is 13.4. The summed E-state index contributed by atoms with van der Waals surface area (Å²) in [5.41, 5.74) is 2.70. The SMILES string of the molecule is COc1ccc(/C(=C/C(=O)N2CCN(C(=O)c3cc(OC)c(OC(C)=O)c(OC)c3)CC2)c2cccc(Cl)c2)cc1. The summed E-state index contributed by atoms with van der Waals surface area (Å²) in [5.74, 6) is 0.258. The molecule has 10 heteroatoms.